The summed E-state index contributed by atoms with van der Waals surface area (Å²) in [7, 11) is -5.14. The van der Waals surface area contributed by atoms with Gasteiger partial charge >= 0.3 is 17.1 Å². The van der Waals surface area contributed by atoms with Crippen LogP contribution in [-0.2, 0) is 21.6 Å². The summed E-state index contributed by atoms with van der Waals surface area (Å²) in [5.74, 6) is 0. The van der Waals surface area contributed by atoms with Crippen molar-refractivity contribution in [3.05, 3.63) is 0 Å². The minimum Gasteiger partial charge on any atom is -0.790 e. The van der Waals surface area contributed by atoms with Gasteiger partial charge in [0, 0.05) is 0 Å². The van der Waals surface area contributed by atoms with Crippen LogP contribution in [0.3, 0.4) is 0 Å². The van der Waals surface area contributed by atoms with Gasteiger partial charge in [0.15, 0.2) is 0 Å². The molecule has 0 saturated carbocycles. The quantitative estimate of drug-likeness (QED) is 0.315. The smallest absolute Gasteiger partial charge is 0.790 e. The van der Waals surface area contributed by atoms with Gasteiger partial charge in [-0.15, -0.1) is 0 Å². The molecule has 0 aliphatic heterocycles. The Balaban J connectivity index is 0. The average Bonchev–Trinajstić information content (AvgIpc) is 0.722. The first-order chi connectivity index (χ1) is 2.00. The Morgan fingerprint density at radius 3 is 1.50 bits per heavy atom. The maximum Gasteiger partial charge on any atom is 3.00 e. The molecule has 6 heteroatoms. The molecule has 0 spiro atoms. The third-order valence-electron chi connectivity index (χ3n) is 0. The van der Waals surface area contributed by atoms with Crippen molar-refractivity contribution >= 4 is 7.82 Å². The molecule has 0 amide bonds. The molecule has 0 saturated heterocycles. The van der Waals surface area contributed by atoms with Crippen molar-refractivity contribution in [1.29, 1.82) is 0 Å². The van der Waals surface area contributed by atoms with E-state index in [1.54, 1.807) is 0 Å². The Morgan fingerprint density at radius 1 is 1.50 bits per heavy atom. The van der Waals surface area contributed by atoms with Crippen molar-refractivity contribution in [1.82, 2.24) is 0 Å². The van der Waals surface area contributed by atoms with E-state index in [0.29, 0.717) is 0 Å². The Morgan fingerprint density at radius 2 is 1.50 bits per heavy atom. The van der Waals surface area contributed by atoms with Gasteiger partial charge in [-0.25, -0.2) is 0 Å². The van der Waals surface area contributed by atoms with Crippen molar-refractivity contribution in [3.8, 4) is 0 Å². The van der Waals surface area contributed by atoms with Gasteiger partial charge < -0.3 is 19.2 Å². The normalized spacial score (nSPS) is 9.83. The van der Waals surface area contributed by atoms with Gasteiger partial charge in [-0.2, -0.15) is 0 Å². The zero-order chi connectivity index (χ0) is 4.50. The van der Waals surface area contributed by atoms with E-state index in [2.05, 4.69) is 0 Å². The summed E-state index contributed by atoms with van der Waals surface area (Å²) >= 11 is 0. The Bertz CT molecular complexity index is 53.7. The van der Waals surface area contributed by atoms with Crippen molar-refractivity contribution in [2.45, 2.75) is 0 Å². The summed E-state index contributed by atoms with van der Waals surface area (Å²) in [5.41, 5.74) is 0. The number of hydrogen-bond acceptors (Lipinski definition) is 3. The predicted molar refractivity (Wildman–Crippen MR) is 9.83 cm³/mol. The van der Waals surface area contributed by atoms with Crippen LogP contribution < -0.4 is 9.79 Å². The van der Waals surface area contributed by atoms with Crippen molar-refractivity contribution < 1.29 is 36.3 Å². The molecular formula is HFeO4P+. The van der Waals surface area contributed by atoms with E-state index >= 15 is 0 Å². The molecule has 4 nitrogen and oxygen atoms in total. The fraction of sp³-hybridized carbons (Fsp3) is 0. The Labute approximate surface area is 44.9 Å². The van der Waals surface area contributed by atoms with Gasteiger partial charge in [0.05, 0.1) is 7.82 Å². The molecule has 0 atom stereocenters. The second-order valence-corrected chi connectivity index (χ2v) is 1.41. The van der Waals surface area contributed by atoms with Crippen LogP contribution in [0.4, 0.5) is 0 Å². The minimum absolute atomic E-state index is 0. The fourth-order valence-corrected chi connectivity index (χ4v) is 0. The summed E-state index contributed by atoms with van der Waals surface area (Å²) in [6, 6.07) is 0. The summed E-state index contributed by atoms with van der Waals surface area (Å²) in [6.45, 7) is 0. The van der Waals surface area contributed by atoms with Crippen LogP contribution in [0.25, 0.3) is 0 Å². The van der Waals surface area contributed by atoms with E-state index in [4.69, 9.17) is 19.2 Å². The van der Waals surface area contributed by atoms with Crippen molar-refractivity contribution in [2.75, 3.05) is 0 Å². The monoisotopic (exact) mass is 152 g/mol. The maximum atomic E-state index is 8.66. The summed E-state index contributed by atoms with van der Waals surface area (Å²) in [4.78, 5) is 24.3. The zero-order valence-corrected chi connectivity index (χ0v) is 4.47. The minimum atomic E-state index is -5.14. The number of hydrogen-bond donors (Lipinski definition) is 1. The van der Waals surface area contributed by atoms with Crippen LogP contribution in [0, 0.1) is 0 Å². The standard InChI is InChI=1S/Fe.H3O4P/c;1-5(2,3)4/h;(H3,1,2,3,4)/q+3;/p-2. The van der Waals surface area contributed by atoms with Gasteiger partial charge in [-0.05, 0) is 0 Å². The van der Waals surface area contributed by atoms with Crippen molar-refractivity contribution in [3.63, 3.8) is 0 Å². The maximum absolute atomic E-state index is 8.66. The Kier molecular flexibility index (Phi) is 4.49. The summed E-state index contributed by atoms with van der Waals surface area (Å²) in [6.07, 6.45) is 0. The molecule has 1 radical (unpaired) electrons. The van der Waals surface area contributed by atoms with Crippen LogP contribution in [0.5, 0.6) is 0 Å². The molecule has 0 heterocycles. The third kappa shape index (κ3) is 154. The van der Waals surface area contributed by atoms with E-state index in [9.17, 15) is 0 Å². The van der Waals surface area contributed by atoms with E-state index < -0.39 is 7.82 Å². The molecule has 6 heavy (non-hydrogen) atoms. The molecule has 0 rings (SSSR count). The molecular weight excluding hydrogens is 151 g/mol. The molecule has 0 bridgehead atoms. The van der Waals surface area contributed by atoms with Crippen LogP contribution in [0.2, 0.25) is 0 Å². The van der Waals surface area contributed by atoms with Crippen LogP contribution >= 0.6 is 7.82 Å². The summed E-state index contributed by atoms with van der Waals surface area (Å²) in [5, 5.41) is 0. The first-order valence-corrected chi connectivity index (χ1v) is 2.24. The molecule has 0 aromatic carbocycles. The largest absolute Gasteiger partial charge is 3.00 e. The first kappa shape index (κ1) is 9.80. The molecule has 0 aliphatic carbocycles. The van der Waals surface area contributed by atoms with Crippen LogP contribution in [0.15, 0.2) is 0 Å². The molecule has 0 aromatic rings. The molecule has 0 unspecified atom stereocenters. The number of phosphoric acid groups is 1. The SMILES string of the molecule is O=P([O-])([O-])O.[Fe+3]. The molecule has 0 aromatic heterocycles. The van der Waals surface area contributed by atoms with E-state index in [0.717, 1.165) is 0 Å². The zero-order valence-electron chi connectivity index (χ0n) is 2.47. The van der Waals surface area contributed by atoms with Crippen LogP contribution in [-0.4, -0.2) is 4.89 Å². The molecule has 0 aliphatic rings. The number of rotatable bonds is 0. The molecule has 1 N–H and O–H groups in total. The topological polar surface area (TPSA) is 83.4 Å². The van der Waals surface area contributed by atoms with Crippen LogP contribution in [0.1, 0.15) is 0 Å². The third-order valence-corrected chi connectivity index (χ3v) is 0. The van der Waals surface area contributed by atoms with Gasteiger partial charge in [-0.1, -0.05) is 0 Å². The van der Waals surface area contributed by atoms with E-state index in [1.807, 2.05) is 0 Å². The molecule has 37 valence electrons. The van der Waals surface area contributed by atoms with Gasteiger partial charge in [0.2, 0.25) is 0 Å². The average molecular weight is 152 g/mol. The molecule has 0 fully saturated rings. The van der Waals surface area contributed by atoms with E-state index in [1.165, 1.54) is 0 Å². The van der Waals surface area contributed by atoms with Gasteiger partial charge in [0.25, 0.3) is 0 Å². The van der Waals surface area contributed by atoms with Gasteiger partial charge in [-0.3, -0.25) is 0 Å². The fourth-order valence-electron chi connectivity index (χ4n) is 0. The van der Waals surface area contributed by atoms with Gasteiger partial charge in [0.1, 0.15) is 0 Å². The predicted octanol–water partition coefficient (Wildman–Crippen LogP) is -2.20. The van der Waals surface area contributed by atoms with E-state index in [-0.39, 0.29) is 17.1 Å². The van der Waals surface area contributed by atoms with Crippen molar-refractivity contribution in [2.24, 2.45) is 0 Å². The second-order valence-electron chi connectivity index (χ2n) is 0.469. The summed E-state index contributed by atoms with van der Waals surface area (Å²) < 4.78 is 8.66. The Hall–Kier alpha value is 0.629. The first-order valence-electron chi connectivity index (χ1n) is 0.748. The second kappa shape index (κ2) is 2.75.